The number of aromatic amines is 1. The zero-order chi connectivity index (χ0) is 19.9. The number of nitrogens with one attached hydrogen (secondary N) is 1. The third-order valence-corrected chi connectivity index (χ3v) is 7.57. The van der Waals surface area contributed by atoms with Crippen LogP contribution in [0.1, 0.15) is 17.7 Å². The lowest BCUT2D eigenvalue weighted by Gasteiger charge is -2.09. The standard InChI is InChI=1S/C22H22N4S3/c1-16-19(15-29-22-25-17-7-2-3-8-18(17)26-22)23-12-10-20(16)27-13-6-14-28-21-9-4-5-11-24-21/h2-5,7-12H,6,13-15H2,1H3,(H,25,26). The van der Waals surface area contributed by atoms with Crippen LogP contribution in [0.5, 0.6) is 0 Å². The molecule has 4 nitrogen and oxygen atoms in total. The summed E-state index contributed by atoms with van der Waals surface area (Å²) in [5.74, 6) is 3.00. The van der Waals surface area contributed by atoms with E-state index in [1.54, 1.807) is 11.8 Å². The fourth-order valence-corrected chi connectivity index (χ4v) is 5.75. The van der Waals surface area contributed by atoms with E-state index in [4.69, 9.17) is 0 Å². The minimum atomic E-state index is 0.815. The third kappa shape index (κ3) is 5.56. The molecular weight excluding hydrogens is 416 g/mol. The Bertz CT molecular complexity index is 1030. The molecule has 7 heteroatoms. The van der Waals surface area contributed by atoms with Gasteiger partial charge in [-0.05, 0) is 55.0 Å². The van der Waals surface area contributed by atoms with Crippen molar-refractivity contribution in [1.29, 1.82) is 0 Å². The highest BCUT2D eigenvalue weighted by Gasteiger charge is 2.09. The summed E-state index contributed by atoms with van der Waals surface area (Å²) in [6, 6.07) is 16.3. The number of benzene rings is 1. The van der Waals surface area contributed by atoms with Crippen LogP contribution in [-0.4, -0.2) is 31.4 Å². The SMILES string of the molecule is Cc1c(SCCCSc2ccccn2)ccnc1CSc1nc2ccccc2[nH]1. The molecule has 0 spiro atoms. The lowest BCUT2D eigenvalue weighted by atomic mass is 10.2. The van der Waals surface area contributed by atoms with E-state index in [-0.39, 0.29) is 0 Å². The smallest absolute Gasteiger partial charge is 0.166 e. The van der Waals surface area contributed by atoms with Gasteiger partial charge in [-0.1, -0.05) is 30.0 Å². The number of H-pyrrole nitrogens is 1. The summed E-state index contributed by atoms with van der Waals surface area (Å²) in [4.78, 5) is 18.3. The van der Waals surface area contributed by atoms with E-state index in [0.717, 1.165) is 50.6 Å². The lowest BCUT2D eigenvalue weighted by molar-refractivity contribution is 1.05. The van der Waals surface area contributed by atoms with Crippen molar-refractivity contribution >= 4 is 46.3 Å². The van der Waals surface area contributed by atoms with Crippen LogP contribution in [0, 0.1) is 6.92 Å². The number of aromatic nitrogens is 4. The number of fused-ring (bicyclic) bond motifs is 1. The van der Waals surface area contributed by atoms with Crippen LogP contribution in [0.25, 0.3) is 11.0 Å². The van der Waals surface area contributed by atoms with E-state index >= 15 is 0 Å². The second-order valence-corrected chi connectivity index (χ2v) is 9.66. The topological polar surface area (TPSA) is 54.5 Å². The van der Waals surface area contributed by atoms with Crippen molar-refractivity contribution in [2.75, 3.05) is 11.5 Å². The number of nitrogens with zero attached hydrogens (tertiary/aromatic N) is 3. The van der Waals surface area contributed by atoms with E-state index in [1.165, 1.54) is 10.5 Å². The van der Waals surface area contributed by atoms with Crippen molar-refractivity contribution in [2.24, 2.45) is 0 Å². The number of rotatable bonds is 9. The average molecular weight is 439 g/mol. The van der Waals surface area contributed by atoms with Gasteiger partial charge in [-0.3, -0.25) is 4.98 Å². The van der Waals surface area contributed by atoms with Gasteiger partial charge in [0.15, 0.2) is 5.16 Å². The maximum absolute atomic E-state index is 4.64. The van der Waals surface area contributed by atoms with Crippen LogP contribution in [0.2, 0.25) is 0 Å². The first-order valence-corrected chi connectivity index (χ1v) is 12.4. The molecule has 0 bridgehead atoms. The Hall–Kier alpha value is -1.96. The van der Waals surface area contributed by atoms with Gasteiger partial charge < -0.3 is 4.98 Å². The summed E-state index contributed by atoms with van der Waals surface area (Å²) in [7, 11) is 0. The summed E-state index contributed by atoms with van der Waals surface area (Å²) in [5.41, 5.74) is 4.49. The highest BCUT2D eigenvalue weighted by molar-refractivity contribution is 8.00. The molecule has 0 saturated carbocycles. The number of pyridine rings is 2. The molecular formula is C22H22N4S3. The zero-order valence-corrected chi connectivity index (χ0v) is 18.6. The molecule has 4 rings (SSSR count). The van der Waals surface area contributed by atoms with Crippen molar-refractivity contribution < 1.29 is 0 Å². The summed E-state index contributed by atoms with van der Waals surface area (Å²) < 4.78 is 0. The van der Waals surface area contributed by atoms with Crippen LogP contribution in [0.15, 0.2) is 76.0 Å². The maximum Gasteiger partial charge on any atom is 0.166 e. The number of hydrogen-bond donors (Lipinski definition) is 1. The second-order valence-electron chi connectivity index (χ2n) is 6.45. The fourth-order valence-electron chi connectivity index (χ4n) is 2.85. The summed E-state index contributed by atoms with van der Waals surface area (Å²) in [5, 5.41) is 2.04. The van der Waals surface area contributed by atoms with Gasteiger partial charge in [0.25, 0.3) is 0 Å². The van der Waals surface area contributed by atoms with Crippen molar-refractivity contribution in [1.82, 2.24) is 19.9 Å². The van der Waals surface area contributed by atoms with Crippen LogP contribution < -0.4 is 0 Å². The Morgan fingerprint density at radius 1 is 0.862 bits per heavy atom. The summed E-state index contributed by atoms with van der Waals surface area (Å²) in [6.07, 6.45) is 4.92. The zero-order valence-electron chi connectivity index (χ0n) is 16.2. The quantitative estimate of drug-likeness (QED) is 0.247. The van der Waals surface area contributed by atoms with Gasteiger partial charge in [0.2, 0.25) is 0 Å². The van der Waals surface area contributed by atoms with Gasteiger partial charge in [-0.15, -0.1) is 23.5 Å². The van der Waals surface area contributed by atoms with Gasteiger partial charge in [0.1, 0.15) is 0 Å². The van der Waals surface area contributed by atoms with Gasteiger partial charge in [0, 0.05) is 28.8 Å². The van der Waals surface area contributed by atoms with Crippen molar-refractivity contribution in [3.8, 4) is 0 Å². The molecule has 29 heavy (non-hydrogen) atoms. The molecule has 0 radical (unpaired) electrons. The maximum atomic E-state index is 4.64. The molecule has 4 aromatic rings. The predicted molar refractivity (Wildman–Crippen MR) is 125 cm³/mol. The molecule has 1 N–H and O–H groups in total. The van der Waals surface area contributed by atoms with Gasteiger partial charge in [-0.2, -0.15) is 0 Å². The first kappa shape index (κ1) is 20.3. The molecule has 0 atom stereocenters. The predicted octanol–water partition coefficient (Wildman–Crippen LogP) is 6.23. The molecule has 148 valence electrons. The van der Waals surface area contributed by atoms with E-state index in [0.29, 0.717) is 0 Å². The number of thioether (sulfide) groups is 3. The molecule has 0 saturated heterocycles. The molecule has 3 heterocycles. The molecule has 0 aliphatic rings. The second kappa shape index (κ2) is 10.2. The number of hydrogen-bond acceptors (Lipinski definition) is 6. The minimum absolute atomic E-state index is 0.815. The van der Waals surface area contributed by atoms with Crippen molar-refractivity contribution in [3.63, 3.8) is 0 Å². The Morgan fingerprint density at radius 2 is 1.72 bits per heavy atom. The Labute approximate surface area is 183 Å². The molecule has 0 amide bonds. The lowest BCUT2D eigenvalue weighted by Crippen LogP contribution is -1.95. The average Bonchev–Trinajstić information content (AvgIpc) is 3.17. The number of imidazole rings is 1. The summed E-state index contributed by atoms with van der Waals surface area (Å²) >= 11 is 5.44. The Balaban J connectivity index is 1.28. The molecule has 0 aliphatic carbocycles. The molecule has 0 unspecified atom stereocenters. The first-order chi connectivity index (χ1) is 14.3. The van der Waals surface area contributed by atoms with Crippen LogP contribution in [0.4, 0.5) is 0 Å². The molecule has 0 fully saturated rings. The molecule has 1 aromatic carbocycles. The van der Waals surface area contributed by atoms with E-state index < -0.39 is 0 Å². The van der Waals surface area contributed by atoms with E-state index in [1.807, 2.05) is 66.2 Å². The minimum Gasteiger partial charge on any atom is -0.333 e. The van der Waals surface area contributed by atoms with Gasteiger partial charge in [0.05, 0.1) is 21.8 Å². The normalized spacial score (nSPS) is 11.2. The Kier molecular flexibility index (Phi) is 7.14. The van der Waals surface area contributed by atoms with Gasteiger partial charge >= 0.3 is 0 Å². The highest BCUT2D eigenvalue weighted by atomic mass is 32.2. The molecule has 3 aromatic heterocycles. The summed E-state index contributed by atoms with van der Waals surface area (Å²) in [6.45, 7) is 2.17. The Morgan fingerprint density at radius 3 is 2.59 bits per heavy atom. The molecule has 0 aliphatic heterocycles. The van der Waals surface area contributed by atoms with Gasteiger partial charge in [-0.25, -0.2) is 9.97 Å². The van der Waals surface area contributed by atoms with Crippen molar-refractivity contribution in [2.45, 2.75) is 34.2 Å². The van der Waals surface area contributed by atoms with Crippen LogP contribution in [0.3, 0.4) is 0 Å². The van der Waals surface area contributed by atoms with Crippen molar-refractivity contribution in [3.05, 3.63) is 72.2 Å². The van der Waals surface area contributed by atoms with Crippen LogP contribution in [-0.2, 0) is 5.75 Å². The first-order valence-electron chi connectivity index (χ1n) is 9.48. The largest absolute Gasteiger partial charge is 0.333 e. The van der Waals surface area contributed by atoms with E-state index in [2.05, 4.69) is 45.1 Å². The highest BCUT2D eigenvalue weighted by Crippen LogP contribution is 2.29. The fraction of sp³-hybridized carbons (Fsp3) is 0.227. The van der Waals surface area contributed by atoms with E-state index in [9.17, 15) is 0 Å². The van der Waals surface area contributed by atoms with Crippen LogP contribution >= 0.6 is 35.3 Å². The monoisotopic (exact) mass is 438 g/mol. The third-order valence-electron chi connectivity index (χ3n) is 4.41. The number of para-hydroxylation sites is 2.